The predicted octanol–water partition coefficient (Wildman–Crippen LogP) is 1.65. The second-order valence-corrected chi connectivity index (χ2v) is 8.64. The van der Waals surface area contributed by atoms with Gasteiger partial charge in [-0.25, -0.2) is 0 Å². The van der Waals surface area contributed by atoms with Crippen LogP contribution in [0.1, 0.15) is 23.6 Å². The van der Waals surface area contributed by atoms with E-state index >= 15 is 0 Å². The molecule has 1 saturated heterocycles. The summed E-state index contributed by atoms with van der Waals surface area (Å²) in [5.41, 5.74) is -0.214. The average Bonchev–Trinajstić information content (AvgIpc) is 3.34. The van der Waals surface area contributed by atoms with Gasteiger partial charge in [0.2, 0.25) is 0 Å². The number of ether oxygens (including phenoxy) is 1. The van der Waals surface area contributed by atoms with E-state index in [9.17, 15) is 18.3 Å². The molecule has 2 aliphatic heterocycles. The lowest BCUT2D eigenvalue weighted by atomic mass is 10.0. The van der Waals surface area contributed by atoms with Crippen molar-refractivity contribution in [2.75, 3.05) is 26.7 Å². The van der Waals surface area contributed by atoms with E-state index in [-0.39, 0.29) is 18.6 Å². The number of β-amino-alcohol motifs (C(OH)–C–C–N with tert-alkyl or cyclic N) is 1. The van der Waals surface area contributed by atoms with Crippen LogP contribution in [0.5, 0.6) is 5.75 Å². The van der Waals surface area contributed by atoms with Crippen molar-refractivity contribution in [3.63, 3.8) is 0 Å². The highest BCUT2D eigenvalue weighted by Gasteiger charge is 2.50. The van der Waals surface area contributed by atoms with Gasteiger partial charge in [0.25, 0.3) is 11.6 Å². The van der Waals surface area contributed by atoms with Crippen LogP contribution in [0.25, 0.3) is 0 Å². The normalized spacial score (nSPS) is 23.6. The molecule has 1 fully saturated rings. The minimum Gasteiger partial charge on any atom is -0.455 e. The quantitative estimate of drug-likeness (QED) is 0.729. The maximum absolute atomic E-state index is 13.7. The molecule has 9 heteroatoms. The summed E-state index contributed by atoms with van der Waals surface area (Å²) >= 11 is 0. The number of hydrogen-bond acceptors (Lipinski definition) is 7. The van der Waals surface area contributed by atoms with Gasteiger partial charge in [-0.15, -0.1) is 4.36 Å². The van der Waals surface area contributed by atoms with Gasteiger partial charge in [0.05, 0.1) is 12.1 Å². The number of para-hydroxylation sites is 1. The van der Waals surface area contributed by atoms with Crippen molar-refractivity contribution in [3.8, 4) is 5.75 Å². The third-order valence-corrected chi connectivity index (χ3v) is 6.33. The number of hydrogen-bond donors (Lipinski definition) is 1. The Labute approximate surface area is 182 Å². The van der Waals surface area contributed by atoms with Crippen LogP contribution < -0.4 is 4.74 Å². The van der Waals surface area contributed by atoms with Crippen molar-refractivity contribution in [2.45, 2.75) is 30.7 Å². The van der Waals surface area contributed by atoms with Crippen molar-refractivity contribution in [1.82, 2.24) is 9.80 Å². The van der Waals surface area contributed by atoms with Gasteiger partial charge < -0.3 is 14.7 Å². The molecule has 31 heavy (non-hydrogen) atoms. The number of amides is 1. The first-order valence-electron chi connectivity index (χ1n) is 10.2. The Balaban J connectivity index is 1.67. The van der Waals surface area contributed by atoms with E-state index in [2.05, 4.69) is 9.26 Å². The number of likely N-dealkylation sites (tertiary alicyclic amines) is 1. The zero-order valence-electron chi connectivity index (χ0n) is 17.2. The first kappa shape index (κ1) is 21.5. The number of rotatable bonds is 6. The molecule has 164 valence electrons. The van der Waals surface area contributed by atoms with E-state index < -0.39 is 22.1 Å². The summed E-state index contributed by atoms with van der Waals surface area (Å²) in [5.74, 6) is -0.0705. The lowest BCUT2D eigenvalue weighted by molar-refractivity contribution is -0.147. The van der Waals surface area contributed by atoms with Gasteiger partial charge in [-0.2, -0.15) is 8.42 Å². The maximum Gasteiger partial charge on any atom is 0.315 e. The SMILES string of the molecule is CN(C(=O)C1(N=S(=O)=O)Cc2ccccc2O1)[C@H](CN1CC[C@H](O)C1)c1ccccc1. The van der Waals surface area contributed by atoms with Crippen LogP contribution in [-0.4, -0.2) is 67.7 Å². The second kappa shape index (κ2) is 8.78. The largest absolute Gasteiger partial charge is 0.455 e. The van der Waals surface area contributed by atoms with Gasteiger partial charge in [-0.05, 0) is 18.1 Å². The fraction of sp³-hybridized carbons (Fsp3) is 0.409. The third-order valence-electron chi connectivity index (χ3n) is 5.89. The number of aliphatic hydroxyl groups excluding tert-OH is 1. The van der Waals surface area contributed by atoms with Crippen molar-refractivity contribution >= 4 is 16.4 Å². The van der Waals surface area contributed by atoms with Crippen LogP contribution in [0.3, 0.4) is 0 Å². The fourth-order valence-corrected chi connectivity index (χ4v) is 4.74. The summed E-state index contributed by atoms with van der Waals surface area (Å²) in [4.78, 5) is 17.3. The Morgan fingerprint density at radius 1 is 1.26 bits per heavy atom. The molecule has 0 saturated carbocycles. The van der Waals surface area contributed by atoms with Gasteiger partial charge in [0.1, 0.15) is 5.75 Å². The first-order chi connectivity index (χ1) is 14.9. The Morgan fingerprint density at radius 3 is 2.61 bits per heavy atom. The van der Waals surface area contributed by atoms with Crippen LogP contribution in [0.15, 0.2) is 59.0 Å². The number of carbonyl (C=O) groups is 1. The van der Waals surface area contributed by atoms with E-state index in [0.717, 1.165) is 17.7 Å². The first-order valence-corrected chi connectivity index (χ1v) is 11.2. The summed E-state index contributed by atoms with van der Waals surface area (Å²) in [5, 5.41) is 9.92. The predicted molar refractivity (Wildman–Crippen MR) is 114 cm³/mol. The summed E-state index contributed by atoms with van der Waals surface area (Å²) < 4.78 is 32.6. The van der Waals surface area contributed by atoms with Crippen molar-refractivity contribution in [3.05, 3.63) is 65.7 Å². The molecule has 1 unspecified atom stereocenters. The summed E-state index contributed by atoms with van der Waals surface area (Å²) in [7, 11) is -1.18. The molecule has 1 N–H and O–H groups in total. The summed E-state index contributed by atoms with van der Waals surface area (Å²) in [6.45, 7) is 1.77. The number of fused-ring (bicyclic) bond motifs is 1. The molecule has 0 aromatic heterocycles. The zero-order valence-corrected chi connectivity index (χ0v) is 18.0. The standard InChI is InChI=1S/C22H25N3O5S/c1-24(19(16-7-3-2-4-8-16)15-25-12-11-18(26)14-25)21(27)22(23-31(28)29)13-17-9-5-6-10-20(17)30-22/h2-10,18-19,26H,11-15H2,1H3/t18-,19+,22?/m0/s1. The second-order valence-electron chi connectivity index (χ2n) is 8.02. The molecule has 2 aromatic carbocycles. The van der Waals surface area contributed by atoms with Gasteiger partial charge in [0, 0.05) is 38.7 Å². The maximum atomic E-state index is 13.7. The van der Waals surface area contributed by atoms with E-state index in [1.54, 1.807) is 25.2 Å². The van der Waals surface area contributed by atoms with Crippen molar-refractivity contribution in [1.29, 1.82) is 0 Å². The monoisotopic (exact) mass is 443 g/mol. The molecule has 0 bridgehead atoms. The Morgan fingerprint density at radius 2 is 1.97 bits per heavy atom. The number of aliphatic hydroxyl groups is 1. The number of benzene rings is 2. The molecule has 2 aliphatic rings. The van der Waals surface area contributed by atoms with Gasteiger partial charge in [0.15, 0.2) is 0 Å². The van der Waals surface area contributed by atoms with Crippen LogP contribution in [0, 0.1) is 0 Å². The van der Waals surface area contributed by atoms with E-state index in [1.165, 1.54) is 4.90 Å². The van der Waals surface area contributed by atoms with Gasteiger partial charge >= 0.3 is 10.5 Å². The Hall–Kier alpha value is -2.75. The highest BCUT2D eigenvalue weighted by molar-refractivity contribution is 7.61. The topological polar surface area (TPSA) is 99.5 Å². The van der Waals surface area contributed by atoms with E-state index in [1.807, 2.05) is 36.4 Å². The molecule has 2 aromatic rings. The van der Waals surface area contributed by atoms with E-state index in [0.29, 0.717) is 25.3 Å². The lowest BCUT2D eigenvalue weighted by Crippen LogP contribution is -2.52. The van der Waals surface area contributed by atoms with E-state index in [4.69, 9.17) is 4.74 Å². The zero-order chi connectivity index (χ0) is 22.0. The number of carbonyl (C=O) groups excluding carboxylic acids is 1. The number of likely N-dealkylation sites (N-methyl/N-ethyl adjacent to an activating group) is 1. The third kappa shape index (κ3) is 4.48. The van der Waals surface area contributed by atoms with Crippen LogP contribution in [0.4, 0.5) is 0 Å². The molecule has 3 atom stereocenters. The van der Waals surface area contributed by atoms with Crippen molar-refractivity contribution < 1.29 is 23.1 Å². The average molecular weight is 444 g/mol. The minimum atomic E-state index is -2.83. The highest BCUT2D eigenvalue weighted by atomic mass is 32.2. The summed E-state index contributed by atoms with van der Waals surface area (Å²) in [6, 6.07) is 16.3. The fourth-order valence-electron chi connectivity index (χ4n) is 4.32. The van der Waals surface area contributed by atoms with Gasteiger partial charge in [-0.1, -0.05) is 48.5 Å². The van der Waals surface area contributed by atoms with Crippen LogP contribution in [-0.2, 0) is 21.7 Å². The molecule has 0 aliphatic carbocycles. The molecular formula is C22H25N3O5S. The Bertz CT molecular complexity index is 1060. The number of nitrogens with zero attached hydrogens (tertiary/aromatic N) is 3. The molecule has 2 heterocycles. The molecule has 0 spiro atoms. The Kier molecular flexibility index (Phi) is 6.08. The molecular weight excluding hydrogens is 418 g/mol. The van der Waals surface area contributed by atoms with Crippen LogP contribution >= 0.6 is 0 Å². The summed E-state index contributed by atoms with van der Waals surface area (Å²) in [6.07, 6.45) is 0.352. The van der Waals surface area contributed by atoms with Crippen molar-refractivity contribution in [2.24, 2.45) is 4.36 Å². The molecule has 4 rings (SSSR count). The smallest absolute Gasteiger partial charge is 0.315 e. The highest BCUT2D eigenvalue weighted by Crippen LogP contribution is 2.38. The molecule has 0 radical (unpaired) electrons. The van der Waals surface area contributed by atoms with Gasteiger partial charge in [-0.3, -0.25) is 9.69 Å². The molecule has 1 amide bonds. The lowest BCUT2D eigenvalue weighted by Gasteiger charge is -2.35. The minimum absolute atomic E-state index is 0.0459. The van der Waals surface area contributed by atoms with Crippen LogP contribution in [0.2, 0.25) is 0 Å². The molecule has 8 nitrogen and oxygen atoms in total.